The lowest BCUT2D eigenvalue weighted by Gasteiger charge is -2.51. The summed E-state index contributed by atoms with van der Waals surface area (Å²) in [6.07, 6.45) is 17.9. The zero-order valence-corrected chi connectivity index (χ0v) is 31.5. The largest absolute Gasteiger partial charge is 0.460 e. The van der Waals surface area contributed by atoms with Crippen LogP contribution in [-0.4, -0.2) is 101 Å². The Morgan fingerprint density at radius 3 is 2.50 bits per heavy atom. The highest BCUT2D eigenvalue weighted by atomic mass is 16.6. The van der Waals surface area contributed by atoms with Gasteiger partial charge in [-0.15, -0.1) is 0 Å². The quantitative estimate of drug-likeness (QED) is 0.140. The lowest BCUT2D eigenvalue weighted by Crippen LogP contribution is -2.76. The van der Waals surface area contributed by atoms with Gasteiger partial charge in [0.2, 0.25) is 17.4 Å². The Balaban J connectivity index is 1.61. The molecule has 2 aliphatic heterocycles. The molecule has 3 rings (SSSR count). The van der Waals surface area contributed by atoms with Gasteiger partial charge in [0.25, 0.3) is 0 Å². The molecule has 2 aliphatic rings. The van der Waals surface area contributed by atoms with Crippen LogP contribution < -0.4 is 5.32 Å². The molecule has 286 valence electrons. The molecule has 2 amide bonds. The van der Waals surface area contributed by atoms with Crippen molar-refractivity contribution in [3.63, 3.8) is 0 Å². The predicted octanol–water partition coefficient (Wildman–Crippen LogP) is 3.78. The van der Waals surface area contributed by atoms with Gasteiger partial charge in [0.15, 0.2) is 6.39 Å². The summed E-state index contributed by atoms with van der Waals surface area (Å²) >= 11 is 0. The number of carbonyl (C=O) groups excluding carboxylic acids is 4. The lowest BCUT2D eigenvalue weighted by molar-refractivity contribution is -0.235. The highest BCUT2D eigenvalue weighted by Gasteiger charge is 2.77. The molecule has 1 aromatic rings. The monoisotopic (exact) mass is 725 g/mol. The number of methoxy groups -OCH3 is 1. The van der Waals surface area contributed by atoms with Crippen molar-refractivity contribution in [2.45, 2.75) is 96.7 Å². The molecule has 3 N–H and O–H groups in total. The lowest BCUT2D eigenvalue weighted by atomic mass is 9.68. The Bertz CT molecular complexity index is 1540. The van der Waals surface area contributed by atoms with E-state index in [1.807, 2.05) is 32.1 Å². The van der Waals surface area contributed by atoms with Crippen LogP contribution >= 0.6 is 0 Å². The minimum Gasteiger partial charge on any atom is -0.460 e. The number of ether oxygens (including phenoxy) is 3. The fraction of sp³-hybridized carbons (Fsp3) is 0.564. The molecule has 0 unspecified atom stereocenters. The molecule has 13 heteroatoms. The van der Waals surface area contributed by atoms with E-state index in [4.69, 9.17) is 18.6 Å². The second kappa shape index (κ2) is 18.4. The number of hydrogen-bond donors (Lipinski definition) is 3. The first-order valence-corrected chi connectivity index (χ1v) is 17.7. The van der Waals surface area contributed by atoms with Gasteiger partial charge in [-0.3, -0.25) is 14.4 Å². The number of esters is 2. The number of aliphatic hydroxyl groups is 2. The van der Waals surface area contributed by atoms with Crippen LogP contribution in [0.25, 0.3) is 0 Å². The third kappa shape index (κ3) is 8.99. The summed E-state index contributed by atoms with van der Waals surface area (Å²) in [4.78, 5) is 56.5. The van der Waals surface area contributed by atoms with Crippen molar-refractivity contribution >= 4 is 23.8 Å². The van der Waals surface area contributed by atoms with Gasteiger partial charge in [-0.1, -0.05) is 69.4 Å². The van der Waals surface area contributed by atoms with Crippen molar-refractivity contribution in [1.82, 2.24) is 15.2 Å². The molecule has 1 aromatic heterocycles. The van der Waals surface area contributed by atoms with Crippen molar-refractivity contribution in [2.75, 3.05) is 27.3 Å². The molecular weight excluding hydrogens is 670 g/mol. The first kappa shape index (κ1) is 42.1. The predicted molar refractivity (Wildman–Crippen MR) is 193 cm³/mol. The smallest absolute Gasteiger partial charge is 0.338 e. The zero-order chi connectivity index (χ0) is 38.7. The summed E-state index contributed by atoms with van der Waals surface area (Å²) in [6, 6.07) is 0. The van der Waals surface area contributed by atoms with E-state index in [-0.39, 0.29) is 31.9 Å². The van der Waals surface area contributed by atoms with E-state index in [2.05, 4.69) is 10.3 Å². The van der Waals surface area contributed by atoms with Crippen LogP contribution in [0, 0.1) is 17.3 Å². The number of likely N-dealkylation sites (tertiary alicyclic amines) is 1. The Kier molecular flexibility index (Phi) is 14.9. The molecule has 52 heavy (non-hydrogen) atoms. The Morgan fingerprint density at radius 1 is 1.19 bits per heavy atom. The second-order valence-corrected chi connectivity index (χ2v) is 14.1. The van der Waals surface area contributed by atoms with Crippen molar-refractivity contribution < 1.29 is 48.0 Å². The van der Waals surface area contributed by atoms with Crippen molar-refractivity contribution in [2.24, 2.45) is 17.3 Å². The minimum atomic E-state index is -1.88. The van der Waals surface area contributed by atoms with Crippen LogP contribution in [-0.2, 0) is 39.8 Å². The van der Waals surface area contributed by atoms with Gasteiger partial charge in [0.1, 0.15) is 24.1 Å². The molecule has 0 aromatic carbocycles. The van der Waals surface area contributed by atoms with Gasteiger partial charge in [0, 0.05) is 33.5 Å². The van der Waals surface area contributed by atoms with E-state index in [1.165, 1.54) is 25.5 Å². The summed E-state index contributed by atoms with van der Waals surface area (Å²) in [5, 5.41) is 25.8. The molecule has 7 atom stereocenters. The van der Waals surface area contributed by atoms with Crippen LogP contribution in [0.5, 0.6) is 0 Å². The molecule has 1 spiro atoms. The molecule has 0 radical (unpaired) electrons. The number of hydrogen-bond acceptors (Lipinski definition) is 11. The molecule has 13 nitrogen and oxygen atoms in total. The first-order chi connectivity index (χ1) is 24.6. The van der Waals surface area contributed by atoms with Crippen molar-refractivity contribution in [1.29, 1.82) is 0 Å². The number of carbonyl (C=O) groups is 4. The van der Waals surface area contributed by atoms with Gasteiger partial charge < -0.3 is 39.1 Å². The molecule has 2 saturated heterocycles. The molecule has 0 aliphatic carbocycles. The Labute approximate surface area is 306 Å². The van der Waals surface area contributed by atoms with E-state index in [0.29, 0.717) is 18.4 Å². The van der Waals surface area contributed by atoms with Crippen LogP contribution in [0.3, 0.4) is 0 Å². The third-order valence-electron chi connectivity index (χ3n) is 10.1. The van der Waals surface area contributed by atoms with Crippen LogP contribution in [0.2, 0.25) is 0 Å². The van der Waals surface area contributed by atoms with E-state index in [9.17, 15) is 29.4 Å². The molecular formula is C39H55N3O10. The highest BCUT2D eigenvalue weighted by molar-refractivity contribution is 5.99. The second-order valence-electron chi connectivity index (χ2n) is 14.1. The van der Waals surface area contributed by atoms with Gasteiger partial charge in [-0.2, -0.15) is 0 Å². The van der Waals surface area contributed by atoms with E-state index in [0.717, 1.165) is 5.76 Å². The number of cyclic esters (lactones) is 1. The van der Waals surface area contributed by atoms with E-state index >= 15 is 0 Å². The average molecular weight is 726 g/mol. The summed E-state index contributed by atoms with van der Waals surface area (Å²) in [6.45, 7) is 10.4. The number of aromatic nitrogens is 1. The number of allylic oxidation sites excluding steroid dienone is 7. The first-order valence-electron chi connectivity index (χ1n) is 17.7. The van der Waals surface area contributed by atoms with Gasteiger partial charge >= 0.3 is 11.9 Å². The Morgan fingerprint density at radius 2 is 1.90 bits per heavy atom. The number of amides is 2. The highest BCUT2D eigenvalue weighted by Crippen LogP contribution is 2.51. The van der Waals surface area contributed by atoms with Crippen LogP contribution in [0.1, 0.15) is 66.6 Å². The number of aliphatic hydroxyl groups excluding tert-OH is 1. The van der Waals surface area contributed by atoms with Gasteiger partial charge in [-0.05, 0) is 51.2 Å². The van der Waals surface area contributed by atoms with Crippen molar-refractivity contribution in [3.05, 3.63) is 78.6 Å². The third-order valence-corrected chi connectivity index (χ3v) is 10.1. The summed E-state index contributed by atoms with van der Waals surface area (Å²) < 4.78 is 21.8. The number of nitrogens with zero attached hydrogens (tertiary/aromatic N) is 2. The molecule has 0 bridgehead atoms. The van der Waals surface area contributed by atoms with Gasteiger partial charge in [0.05, 0.1) is 29.7 Å². The number of nitrogens with one attached hydrogen (secondary N) is 1. The van der Waals surface area contributed by atoms with Gasteiger partial charge in [-0.25, -0.2) is 9.78 Å². The fourth-order valence-electron chi connectivity index (χ4n) is 6.67. The number of rotatable bonds is 19. The summed E-state index contributed by atoms with van der Waals surface area (Å²) in [5.74, 6) is -2.39. The fourth-order valence-corrected chi connectivity index (χ4v) is 6.67. The topological polar surface area (TPSA) is 178 Å². The molecule has 3 heterocycles. The Hall–Kier alpha value is -4.33. The van der Waals surface area contributed by atoms with E-state index < -0.39 is 64.5 Å². The average Bonchev–Trinajstić information content (AvgIpc) is 3.69. The standard InChI is InChI=1S/C39H55N3O10/c1-9-17-32(43)52-30(27(3)22-31(49-8)39(48)28(4)34(45)42(7)38(39)24-50-36(38)47)20-15-12-16-21-41-35(46)37(5,6)33(44)26(2)18-13-10-11-14-19-29-23-40-25-51-29/h10-16,18,20,23,25,27-28,30-31,33,44,48H,9,17,19,21-22,24H2,1-8H3,(H,41,46)/b13-10-,14-11+,16-12+,20-15+,26-18-/t27-,28+,30+,31+,33-,38-,39-/m1/s1. The SMILES string of the molecule is CCCC(=O)O[C@@H](/C=C/C=C/CNC(=O)C(C)(C)[C@H](O)\C(C)=C/C=C\C=C\Cc1cnco1)[C@H](C)C[C@H](OC)[C@]1(O)[C@@H](C)C(=O)N(C)[C@@]12COC2=O. The molecule has 0 saturated carbocycles. The maximum Gasteiger partial charge on any atom is 0.338 e. The minimum absolute atomic E-state index is 0.145. The van der Waals surface area contributed by atoms with Crippen molar-refractivity contribution in [3.8, 4) is 0 Å². The van der Waals surface area contributed by atoms with E-state index in [1.54, 1.807) is 70.3 Å². The van der Waals surface area contributed by atoms with Crippen LogP contribution in [0.4, 0.5) is 0 Å². The number of oxazole rings is 1. The van der Waals surface area contributed by atoms with Crippen LogP contribution in [0.15, 0.2) is 77.3 Å². The summed E-state index contributed by atoms with van der Waals surface area (Å²) in [7, 11) is 2.88. The number of likely N-dealkylation sites (N-methyl/N-ethyl adjacent to an activating group) is 1. The normalized spacial score (nSPS) is 24.9. The zero-order valence-electron chi connectivity index (χ0n) is 31.5. The maximum atomic E-state index is 13.0. The maximum absolute atomic E-state index is 13.0. The molecule has 2 fully saturated rings. The summed E-state index contributed by atoms with van der Waals surface area (Å²) in [5.41, 5.74) is -3.92.